The van der Waals surface area contributed by atoms with Gasteiger partial charge in [0.05, 0.1) is 0 Å². The van der Waals surface area contributed by atoms with Crippen LogP contribution in [0, 0.1) is 0 Å². The molecular weight excluding hydrogens is 96.0 g/mol. The molecule has 0 atom stereocenters. The van der Waals surface area contributed by atoms with Crippen LogP contribution in [0.2, 0.25) is 0 Å². The van der Waals surface area contributed by atoms with Crippen molar-refractivity contribution < 1.29 is 14.9 Å². The molecule has 0 amide bonds. The van der Waals surface area contributed by atoms with Crippen LogP contribution in [0.3, 0.4) is 0 Å². The van der Waals surface area contributed by atoms with Crippen LogP contribution in [0.5, 0.6) is 0 Å². The summed E-state index contributed by atoms with van der Waals surface area (Å²) in [5.41, 5.74) is 0. The topological polar surface area (TPSA) is 38.7 Å². The van der Waals surface area contributed by atoms with Crippen LogP contribution in [0.15, 0.2) is 12.3 Å². The standard InChI is InChI=1S/C4H8O3/c1-4(7-5)3-6-2/h5H,1,3H2,2H3. The molecule has 0 aliphatic carbocycles. The van der Waals surface area contributed by atoms with E-state index in [9.17, 15) is 0 Å². The Hall–Kier alpha value is -0.540. The fourth-order valence-electron chi connectivity index (χ4n) is 0.187. The van der Waals surface area contributed by atoms with Crippen LogP contribution in [-0.4, -0.2) is 19.0 Å². The zero-order chi connectivity index (χ0) is 5.70. The second-order valence-electron chi connectivity index (χ2n) is 1.06. The highest BCUT2D eigenvalue weighted by molar-refractivity contribution is 4.78. The minimum Gasteiger partial charge on any atom is -0.377 e. The summed E-state index contributed by atoms with van der Waals surface area (Å²) in [7, 11) is 1.49. The highest BCUT2D eigenvalue weighted by Crippen LogP contribution is 1.86. The van der Waals surface area contributed by atoms with E-state index in [0.717, 1.165) is 0 Å². The highest BCUT2D eigenvalue weighted by atomic mass is 17.1. The lowest BCUT2D eigenvalue weighted by atomic mass is 10.6. The predicted octanol–water partition coefficient (Wildman–Crippen LogP) is 0.636. The summed E-state index contributed by atoms with van der Waals surface area (Å²) in [6.45, 7) is 3.50. The van der Waals surface area contributed by atoms with Gasteiger partial charge in [0.15, 0.2) is 5.76 Å². The smallest absolute Gasteiger partial charge is 0.160 e. The SMILES string of the molecule is C=C(COC)OO. The molecule has 3 nitrogen and oxygen atoms in total. The average Bonchev–Trinajstić information content (AvgIpc) is 1.68. The number of ether oxygens (including phenoxy) is 1. The van der Waals surface area contributed by atoms with Gasteiger partial charge >= 0.3 is 0 Å². The molecule has 42 valence electrons. The van der Waals surface area contributed by atoms with Gasteiger partial charge in [-0.15, -0.1) is 0 Å². The lowest BCUT2D eigenvalue weighted by molar-refractivity contribution is -0.209. The first-order chi connectivity index (χ1) is 3.31. The molecular formula is C4H8O3. The third kappa shape index (κ3) is 3.29. The van der Waals surface area contributed by atoms with Crippen molar-refractivity contribution in [2.75, 3.05) is 13.7 Å². The van der Waals surface area contributed by atoms with Crippen molar-refractivity contribution in [3.8, 4) is 0 Å². The Kier molecular flexibility index (Phi) is 3.36. The van der Waals surface area contributed by atoms with Gasteiger partial charge in [-0.05, 0) is 0 Å². The zero-order valence-corrected chi connectivity index (χ0v) is 4.18. The third-order valence-electron chi connectivity index (χ3n) is 0.434. The molecule has 0 saturated carbocycles. The van der Waals surface area contributed by atoms with E-state index >= 15 is 0 Å². The molecule has 0 aromatic heterocycles. The van der Waals surface area contributed by atoms with E-state index < -0.39 is 0 Å². The van der Waals surface area contributed by atoms with Gasteiger partial charge in [-0.1, -0.05) is 6.58 Å². The molecule has 0 aliphatic rings. The fraction of sp³-hybridized carbons (Fsp3) is 0.500. The predicted molar refractivity (Wildman–Crippen MR) is 24.7 cm³/mol. The average molecular weight is 104 g/mol. The Balaban J connectivity index is 3.00. The Bertz CT molecular complexity index is 60.0. The zero-order valence-electron chi connectivity index (χ0n) is 4.18. The first-order valence-corrected chi connectivity index (χ1v) is 1.79. The summed E-state index contributed by atoms with van der Waals surface area (Å²) in [5.74, 6) is 0.211. The minimum atomic E-state index is 0.211. The minimum absolute atomic E-state index is 0.211. The highest BCUT2D eigenvalue weighted by Gasteiger charge is 1.86. The molecule has 0 unspecified atom stereocenters. The normalized spacial score (nSPS) is 8.29. The van der Waals surface area contributed by atoms with Gasteiger partial charge in [0.2, 0.25) is 0 Å². The maximum atomic E-state index is 7.79. The Labute approximate surface area is 42.1 Å². The second-order valence-corrected chi connectivity index (χ2v) is 1.06. The van der Waals surface area contributed by atoms with E-state index in [2.05, 4.69) is 16.2 Å². The molecule has 1 N–H and O–H groups in total. The Morgan fingerprint density at radius 2 is 2.43 bits per heavy atom. The molecule has 7 heavy (non-hydrogen) atoms. The van der Waals surface area contributed by atoms with Crippen LogP contribution in [0.4, 0.5) is 0 Å². The van der Waals surface area contributed by atoms with Crippen molar-refractivity contribution in [2.45, 2.75) is 0 Å². The van der Waals surface area contributed by atoms with Gasteiger partial charge in [-0.25, -0.2) is 5.26 Å². The van der Waals surface area contributed by atoms with Crippen LogP contribution in [-0.2, 0) is 9.62 Å². The Morgan fingerprint density at radius 1 is 1.86 bits per heavy atom. The molecule has 0 radical (unpaired) electrons. The quantitative estimate of drug-likeness (QED) is 0.324. The van der Waals surface area contributed by atoms with Gasteiger partial charge in [-0.2, -0.15) is 0 Å². The molecule has 0 saturated heterocycles. The van der Waals surface area contributed by atoms with E-state index in [-0.39, 0.29) is 12.4 Å². The maximum Gasteiger partial charge on any atom is 0.160 e. The molecule has 0 spiro atoms. The summed E-state index contributed by atoms with van der Waals surface area (Å²) < 4.78 is 4.51. The largest absolute Gasteiger partial charge is 0.377 e. The van der Waals surface area contributed by atoms with Crippen molar-refractivity contribution in [3.05, 3.63) is 12.3 Å². The molecule has 0 aromatic carbocycles. The number of hydrogen-bond donors (Lipinski definition) is 1. The van der Waals surface area contributed by atoms with Gasteiger partial charge in [-0.3, -0.25) is 0 Å². The molecule has 3 heteroatoms. The van der Waals surface area contributed by atoms with Crippen LogP contribution < -0.4 is 0 Å². The first kappa shape index (κ1) is 6.46. The van der Waals surface area contributed by atoms with Crippen molar-refractivity contribution >= 4 is 0 Å². The van der Waals surface area contributed by atoms with Crippen molar-refractivity contribution in [1.82, 2.24) is 0 Å². The molecule has 0 heterocycles. The molecule has 0 fully saturated rings. The molecule has 0 aromatic rings. The monoisotopic (exact) mass is 104 g/mol. The van der Waals surface area contributed by atoms with Crippen molar-refractivity contribution in [3.63, 3.8) is 0 Å². The van der Waals surface area contributed by atoms with Crippen molar-refractivity contribution in [2.24, 2.45) is 0 Å². The summed E-state index contributed by atoms with van der Waals surface area (Å²) in [4.78, 5) is 3.67. The summed E-state index contributed by atoms with van der Waals surface area (Å²) in [5, 5.41) is 7.79. The van der Waals surface area contributed by atoms with Crippen LogP contribution in [0.1, 0.15) is 0 Å². The van der Waals surface area contributed by atoms with Gasteiger partial charge in [0.1, 0.15) is 6.61 Å². The van der Waals surface area contributed by atoms with Gasteiger partial charge in [0.25, 0.3) is 0 Å². The number of rotatable bonds is 3. The maximum absolute atomic E-state index is 7.79. The molecule has 0 bridgehead atoms. The molecule has 0 aliphatic heterocycles. The lowest BCUT2D eigenvalue weighted by Crippen LogP contribution is -1.93. The first-order valence-electron chi connectivity index (χ1n) is 1.79. The van der Waals surface area contributed by atoms with Gasteiger partial charge < -0.3 is 9.62 Å². The van der Waals surface area contributed by atoms with E-state index in [0.29, 0.717) is 0 Å². The number of methoxy groups -OCH3 is 1. The summed E-state index contributed by atoms with van der Waals surface area (Å²) >= 11 is 0. The Morgan fingerprint density at radius 3 is 2.57 bits per heavy atom. The van der Waals surface area contributed by atoms with E-state index in [1.807, 2.05) is 0 Å². The van der Waals surface area contributed by atoms with E-state index in [1.54, 1.807) is 0 Å². The third-order valence-corrected chi connectivity index (χ3v) is 0.434. The molecule has 0 rings (SSSR count). The van der Waals surface area contributed by atoms with E-state index in [1.165, 1.54) is 7.11 Å². The second kappa shape index (κ2) is 3.64. The van der Waals surface area contributed by atoms with Crippen molar-refractivity contribution in [1.29, 1.82) is 0 Å². The fourth-order valence-corrected chi connectivity index (χ4v) is 0.187. The summed E-state index contributed by atoms with van der Waals surface area (Å²) in [6.07, 6.45) is 0. The van der Waals surface area contributed by atoms with Crippen LogP contribution in [0.25, 0.3) is 0 Å². The van der Waals surface area contributed by atoms with Gasteiger partial charge in [0, 0.05) is 7.11 Å². The number of hydrogen-bond acceptors (Lipinski definition) is 3. The lowest BCUT2D eigenvalue weighted by Gasteiger charge is -1.95. The summed E-state index contributed by atoms with van der Waals surface area (Å²) in [6, 6.07) is 0. The van der Waals surface area contributed by atoms with Crippen LogP contribution >= 0.6 is 0 Å². The van der Waals surface area contributed by atoms with E-state index in [4.69, 9.17) is 5.26 Å².